The Balaban J connectivity index is 1.99. The van der Waals surface area contributed by atoms with Crippen molar-refractivity contribution >= 4 is 0 Å². The number of nitrogens with zero attached hydrogens (tertiary/aromatic N) is 1. The van der Waals surface area contributed by atoms with E-state index >= 15 is 0 Å². The fourth-order valence-electron chi connectivity index (χ4n) is 1.70. The predicted molar refractivity (Wildman–Crippen MR) is 68.0 cm³/mol. The van der Waals surface area contributed by atoms with Crippen molar-refractivity contribution in [3.63, 3.8) is 0 Å². The maximum absolute atomic E-state index is 5.71. The lowest BCUT2D eigenvalue weighted by molar-refractivity contribution is 0.440. The van der Waals surface area contributed by atoms with Crippen LogP contribution in [0.25, 0.3) is 0 Å². The van der Waals surface area contributed by atoms with Gasteiger partial charge in [0.05, 0.1) is 6.20 Å². The maximum atomic E-state index is 5.71. The van der Waals surface area contributed by atoms with Gasteiger partial charge in [0.1, 0.15) is 5.76 Å². The van der Waals surface area contributed by atoms with Gasteiger partial charge >= 0.3 is 0 Å². The number of hydrogen-bond donors (Lipinski definition) is 1. The highest BCUT2D eigenvalue weighted by Crippen LogP contribution is 2.11. The number of nitrogens with one attached hydrogen (secondary N) is 1. The molecule has 90 valence electrons. The molecule has 17 heavy (non-hydrogen) atoms. The molecule has 3 heteroatoms. The molecular weight excluding hydrogens is 212 g/mol. The second kappa shape index (κ2) is 5.64. The van der Waals surface area contributed by atoms with Crippen molar-refractivity contribution < 1.29 is 4.42 Å². The minimum atomic E-state index is 0.410. The molecule has 0 radical (unpaired) electrons. The third kappa shape index (κ3) is 3.43. The van der Waals surface area contributed by atoms with Gasteiger partial charge < -0.3 is 9.73 Å². The summed E-state index contributed by atoms with van der Waals surface area (Å²) < 4.78 is 5.71. The average Bonchev–Trinajstić information content (AvgIpc) is 2.77. The fourth-order valence-corrected chi connectivity index (χ4v) is 1.70. The molecule has 0 saturated heterocycles. The Morgan fingerprint density at radius 3 is 2.76 bits per heavy atom. The van der Waals surface area contributed by atoms with Crippen LogP contribution in [0.1, 0.15) is 24.1 Å². The van der Waals surface area contributed by atoms with E-state index in [2.05, 4.69) is 29.4 Å². The lowest BCUT2D eigenvalue weighted by atomic mass is 10.2. The monoisotopic (exact) mass is 230 g/mol. The van der Waals surface area contributed by atoms with Crippen LogP contribution in [0, 0.1) is 0 Å². The van der Waals surface area contributed by atoms with Crippen molar-refractivity contribution in [3.05, 3.63) is 53.7 Å². The molecule has 0 aliphatic carbocycles. The molecule has 0 bridgehead atoms. The zero-order valence-corrected chi connectivity index (χ0v) is 10.3. The van der Waals surface area contributed by atoms with E-state index in [0.717, 1.165) is 24.5 Å². The third-order valence-corrected chi connectivity index (χ3v) is 2.80. The number of hydrogen-bond acceptors (Lipinski definition) is 3. The first-order valence-electron chi connectivity index (χ1n) is 5.92. The molecule has 0 spiro atoms. The van der Waals surface area contributed by atoms with Gasteiger partial charge in [-0.2, -0.15) is 0 Å². The fraction of sp³-hybridized carbons (Fsp3) is 0.357. The van der Waals surface area contributed by atoms with Crippen molar-refractivity contribution in [3.8, 4) is 0 Å². The van der Waals surface area contributed by atoms with Gasteiger partial charge in [0.15, 0.2) is 5.89 Å². The molecule has 1 atom stereocenters. The topological polar surface area (TPSA) is 38.1 Å². The number of benzene rings is 1. The first-order chi connectivity index (χ1) is 8.28. The molecule has 0 aliphatic heterocycles. The summed E-state index contributed by atoms with van der Waals surface area (Å²) in [6.45, 7) is 2.12. The summed E-state index contributed by atoms with van der Waals surface area (Å²) in [7, 11) is 1.95. The van der Waals surface area contributed by atoms with Crippen molar-refractivity contribution in [1.82, 2.24) is 10.3 Å². The van der Waals surface area contributed by atoms with E-state index < -0.39 is 0 Å². The second-order valence-corrected chi connectivity index (χ2v) is 4.28. The summed E-state index contributed by atoms with van der Waals surface area (Å²) in [5, 5.41) is 3.18. The molecule has 1 unspecified atom stereocenters. The van der Waals surface area contributed by atoms with E-state index in [1.165, 1.54) is 5.56 Å². The van der Waals surface area contributed by atoms with Crippen LogP contribution in [0.5, 0.6) is 0 Å². The highest BCUT2D eigenvalue weighted by atomic mass is 16.4. The molecule has 2 aromatic rings. The van der Waals surface area contributed by atoms with Gasteiger partial charge in [0.25, 0.3) is 0 Å². The normalized spacial score (nSPS) is 12.6. The van der Waals surface area contributed by atoms with E-state index in [4.69, 9.17) is 4.42 Å². The number of oxazole rings is 1. The number of aromatic nitrogens is 1. The van der Waals surface area contributed by atoms with Crippen molar-refractivity contribution in [1.29, 1.82) is 0 Å². The van der Waals surface area contributed by atoms with E-state index in [1.54, 1.807) is 0 Å². The molecule has 1 aromatic heterocycles. The van der Waals surface area contributed by atoms with Crippen molar-refractivity contribution in [2.45, 2.75) is 25.8 Å². The highest BCUT2D eigenvalue weighted by molar-refractivity contribution is 5.18. The van der Waals surface area contributed by atoms with Crippen LogP contribution in [0.15, 0.2) is 40.9 Å². The molecule has 3 nitrogen and oxygen atoms in total. The average molecular weight is 230 g/mol. The standard InChI is InChI=1S/C14H18N2O/c1-11(15-2)8-13-10-16-14(17-13)9-12-6-4-3-5-7-12/h3-7,10-11,15H,8-9H2,1-2H3. The molecule has 0 fully saturated rings. The Kier molecular flexibility index (Phi) is 3.94. The second-order valence-electron chi connectivity index (χ2n) is 4.28. The summed E-state index contributed by atoms with van der Waals surface area (Å²) in [5.74, 6) is 1.73. The smallest absolute Gasteiger partial charge is 0.198 e. The van der Waals surface area contributed by atoms with E-state index in [9.17, 15) is 0 Å². The van der Waals surface area contributed by atoms with Crippen LogP contribution in [0.3, 0.4) is 0 Å². The van der Waals surface area contributed by atoms with E-state index in [1.807, 2.05) is 31.4 Å². The van der Waals surface area contributed by atoms with Crippen LogP contribution < -0.4 is 5.32 Å². The van der Waals surface area contributed by atoms with Gasteiger partial charge in [-0.25, -0.2) is 4.98 Å². The SMILES string of the molecule is CNC(C)Cc1cnc(Cc2ccccc2)o1. The Morgan fingerprint density at radius 1 is 1.29 bits per heavy atom. The van der Waals surface area contributed by atoms with Crippen LogP contribution >= 0.6 is 0 Å². The predicted octanol–water partition coefficient (Wildman–Crippen LogP) is 2.42. The first-order valence-corrected chi connectivity index (χ1v) is 5.92. The first kappa shape index (κ1) is 11.9. The molecule has 1 heterocycles. The zero-order chi connectivity index (χ0) is 12.1. The molecule has 0 aliphatic rings. The summed E-state index contributed by atoms with van der Waals surface area (Å²) in [6.07, 6.45) is 3.46. The quantitative estimate of drug-likeness (QED) is 0.857. The number of likely N-dealkylation sites (N-methyl/N-ethyl adjacent to an activating group) is 1. The van der Waals surface area contributed by atoms with Gasteiger partial charge in [-0.05, 0) is 19.5 Å². The van der Waals surface area contributed by atoms with Crippen molar-refractivity contribution in [2.75, 3.05) is 7.05 Å². The number of rotatable bonds is 5. The lowest BCUT2D eigenvalue weighted by Crippen LogP contribution is -2.23. The Hall–Kier alpha value is -1.61. The van der Waals surface area contributed by atoms with Crippen molar-refractivity contribution in [2.24, 2.45) is 0 Å². The molecule has 1 N–H and O–H groups in total. The Labute approximate surface area is 102 Å². The summed E-state index contributed by atoms with van der Waals surface area (Å²) >= 11 is 0. The Morgan fingerprint density at radius 2 is 2.06 bits per heavy atom. The van der Waals surface area contributed by atoms with Gasteiger partial charge in [-0.1, -0.05) is 30.3 Å². The Bertz CT molecular complexity index is 450. The summed E-state index contributed by atoms with van der Waals surface area (Å²) in [4.78, 5) is 4.30. The van der Waals surface area contributed by atoms with Crippen LogP contribution in [-0.2, 0) is 12.8 Å². The van der Waals surface area contributed by atoms with Crippen LogP contribution in [0.4, 0.5) is 0 Å². The molecule has 2 rings (SSSR count). The van der Waals surface area contributed by atoms with Gasteiger partial charge in [-0.15, -0.1) is 0 Å². The van der Waals surface area contributed by atoms with E-state index in [-0.39, 0.29) is 0 Å². The summed E-state index contributed by atoms with van der Waals surface area (Å²) in [6, 6.07) is 10.6. The summed E-state index contributed by atoms with van der Waals surface area (Å²) in [5.41, 5.74) is 1.22. The van der Waals surface area contributed by atoms with Gasteiger partial charge in [-0.3, -0.25) is 0 Å². The maximum Gasteiger partial charge on any atom is 0.198 e. The molecule has 0 saturated carbocycles. The van der Waals surface area contributed by atoms with E-state index in [0.29, 0.717) is 6.04 Å². The zero-order valence-electron chi connectivity index (χ0n) is 10.3. The minimum absolute atomic E-state index is 0.410. The van der Waals surface area contributed by atoms with Crippen LogP contribution in [0.2, 0.25) is 0 Å². The molecule has 0 amide bonds. The highest BCUT2D eigenvalue weighted by Gasteiger charge is 2.07. The van der Waals surface area contributed by atoms with Gasteiger partial charge in [0.2, 0.25) is 0 Å². The molecule has 1 aromatic carbocycles. The largest absolute Gasteiger partial charge is 0.445 e. The van der Waals surface area contributed by atoms with Gasteiger partial charge in [0, 0.05) is 18.9 Å². The minimum Gasteiger partial charge on any atom is -0.445 e. The lowest BCUT2D eigenvalue weighted by Gasteiger charge is -2.06. The third-order valence-electron chi connectivity index (χ3n) is 2.80. The van der Waals surface area contributed by atoms with Crippen LogP contribution in [-0.4, -0.2) is 18.1 Å². The molecular formula is C14H18N2O.